The number of rotatable bonds is 5. The van der Waals surface area contributed by atoms with Crippen LogP contribution in [0.5, 0.6) is 5.75 Å². The van der Waals surface area contributed by atoms with E-state index in [0.29, 0.717) is 48.8 Å². The number of nitrogens with zero attached hydrogens (tertiary/aromatic N) is 1. The third-order valence-electron chi connectivity index (χ3n) is 4.84. The number of nitrogens with one attached hydrogen (secondary N) is 1. The number of carbonyl (C=O) groups excluding carboxylic acids is 2. The van der Waals surface area contributed by atoms with E-state index in [1.54, 1.807) is 25.3 Å². The first-order valence-electron chi connectivity index (χ1n) is 9.03. The van der Waals surface area contributed by atoms with E-state index >= 15 is 0 Å². The molecular formula is C21H23ClN2O3. The van der Waals surface area contributed by atoms with Crippen molar-refractivity contribution in [2.75, 3.05) is 25.5 Å². The summed E-state index contributed by atoms with van der Waals surface area (Å²) in [7, 11) is 1.55. The molecule has 1 N–H and O–H groups in total. The lowest BCUT2D eigenvalue weighted by molar-refractivity contribution is -0.133. The molecule has 5 nitrogen and oxygen atoms in total. The molecule has 0 aliphatic carbocycles. The molecule has 142 valence electrons. The minimum absolute atomic E-state index is 0.0641. The molecule has 3 rings (SSSR count). The Bertz CT molecular complexity index is 802. The zero-order chi connectivity index (χ0) is 19.2. The van der Waals surface area contributed by atoms with Gasteiger partial charge in [-0.1, -0.05) is 41.9 Å². The Morgan fingerprint density at radius 3 is 2.52 bits per heavy atom. The van der Waals surface area contributed by atoms with Crippen LogP contribution >= 0.6 is 11.6 Å². The van der Waals surface area contributed by atoms with Gasteiger partial charge >= 0.3 is 0 Å². The normalized spacial score (nSPS) is 14.7. The van der Waals surface area contributed by atoms with E-state index < -0.39 is 0 Å². The maximum atomic E-state index is 12.6. The number of piperidine rings is 1. The fourth-order valence-electron chi connectivity index (χ4n) is 3.29. The lowest BCUT2D eigenvalue weighted by Gasteiger charge is -2.31. The van der Waals surface area contributed by atoms with Gasteiger partial charge in [0, 0.05) is 24.0 Å². The van der Waals surface area contributed by atoms with Crippen LogP contribution in [0.4, 0.5) is 5.69 Å². The molecule has 27 heavy (non-hydrogen) atoms. The number of likely N-dealkylation sites (tertiary alicyclic amines) is 1. The van der Waals surface area contributed by atoms with E-state index in [0.717, 1.165) is 5.56 Å². The average Bonchev–Trinajstić information content (AvgIpc) is 2.69. The fourth-order valence-corrected chi connectivity index (χ4v) is 3.46. The number of anilines is 1. The lowest BCUT2D eigenvalue weighted by Crippen LogP contribution is -2.42. The van der Waals surface area contributed by atoms with Crippen LogP contribution in [-0.2, 0) is 16.0 Å². The molecule has 0 unspecified atom stereocenters. The molecule has 0 atom stereocenters. The molecule has 6 heteroatoms. The van der Waals surface area contributed by atoms with Gasteiger partial charge in [-0.05, 0) is 36.6 Å². The molecule has 2 amide bonds. The number of halogens is 1. The fraction of sp³-hybridized carbons (Fsp3) is 0.333. The number of hydrogen-bond donors (Lipinski definition) is 1. The lowest BCUT2D eigenvalue weighted by atomic mass is 9.95. The number of methoxy groups -OCH3 is 1. The smallest absolute Gasteiger partial charge is 0.227 e. The summed E-state index contributed by atoms with van der Waals surface area (Å²) >= 11 is 6.01. The standard InChI is InChI=1S/C21H23ClN2O3/c1-27-19-8-7-17(22)14-18(19)23-21(26)16-9-11-24(12-10-16)20(25)13-15-5-3-2-4-6-15/h2-8,14,16H,9-13H2,1H3,(H,23,26). The van der Waals surface area contributed by atoms with Gasteiger partial charge in [0.1, 0.15) is 5.75 Å². The van der Waals surface area contributed by atoms with Gasteiger partial charge in [-0.2, -0.15) is 0 Å². The van der Waals surface area contributed by atoms with E-state index in [1.165, 1.54) is 0 Å². The van der Waals surface area contributed by atoms with Crippen molar-refractivity contribution in [2.45, 2.75) is 19.3 Å². The molecule has 1 saturated heterocycles. The summed E-state index contributed by atoms with van der Waals surface area (Å²) in [5, 5.41) is 3.44. The second-order valence-corrected chi connectivity index (χ2v) is 7.09. The Kier molecular flexibility index (Phi) is 6.35. The first-order valence-corrected chi connectivity index (χ1v) is 9.40. The van der Waals surface area contributed by atoms with Crippen molar-refractivity contribution in [2.24, 2.45) is 5.92 Å². The van der Waals surface area contributed by atoms with Crippen LogP contribution in [0.3, 0.4) is 0 Å². The van der Waals surface area contributed by atoms with E-state index in [9.17, 15) is 9.59 Å². The summed E-state index contributed by atoms with van der Waals surface area (Å²) in [6, 6.07) is 14.8. The molecule has 2 aromatic rings. The van der Waals surface area contributed by atoms with Crippen molar-refractivity contribution in [1.29, 1.82) is 0 Å². The third kappa shape index (κ3) is 5.01. The Balaban J connectivity index is 1.53. The molecule has 0 saturated carbocycles. The highest BCUT2D eigenvalue weighted by Gasteiger charge is 2.27. The zero-order valence-electron chi connectivity index (χ0n) is 15.3. The number of hydrogen-bond acceptors (Lipinski definition) is 3. The van der Waals surface area contributed by atoms with Gasteiger partial charge in [0.25, 0.3) is 0 Å². The minimum Gasteiger partial charge on any atom is -0.495 e. The van der Waals surface area contributed by atoms with Crippen LogP contribution in [0.15, 0.2) is 48.5 Å². The highest BCUT2D eigenvalue weighted by molar-refractivity contribution is 6.31. The number of benzene rings is 2. The topological polar surface area (TPSA) is 58.6 Å². The van der Waals surface area contributed by atoms with Crippen molar-refractivity contribution in [3.05, 3.63) is 59.1 Å². The van der Waals surface area contributed by atoms with Gasteiger partial charge in [-0.25, -0.2) is 0 Å². The zero-order valence-corrected chi connectivity index (χ0v) is 16.0. The Morgan fingerprint density at radius 2 is 1.85 bits per heavy atom. The van der Waals surface area contributed by atoms with Gasteiger partial charge in [0.2, 0.25) is 11.8 Å². The van der Waals surface area contributed by atoms with Crippen molar-refractivity contribution >= 4 is 29.1 Å². The van der Waals surface area contributed by atoms with Crippen LogP contribution in [0.2, 0.25) is 5.02 Å². The van der Waals surface area contributed by atoms with Crippen molar-refractivity contribution < 1.29 is 14.3 Å². The Morgan fingerprint density at radius 1 is 1.15 bits per heavy atom. The maximum Gasteiger partial charge on any atom is 0.227 e. The molecule has 0 spiro atoms. The largest absolute Gasteiger partial charge is 0.495 e. The van der Waals surface area contributed by atoms with Crippen molar-refractivity contribution in [3.63, 3.8) is 0 Å². The highest BCUT2D eigenvalue weighted by atomic mass is 35.5. The number of amides is 2. The molecule has 2 aromatic carbocycles. The SMILES string of the molecule is COc1ccc(Cl)cc1NC(=O)C1CCN(C(=O)Cc2ccccc2)CC1. The molecule has 0 bridgehead atoms. The van der Waals surface area contributed by atoms with Crippen LogP contribution in [0.25, 0.3) is 0 Å². The molecule has 0 aromatic heterocycles. The molecule has 0 radical (unpaired) electrons. The van der Waals surface area contributed by atoms with Crippen LogP contribution in [0.1, 0.15) is 18.4 Å². The predicted molar refractivity (Wildman–Crippen MR) is 106 cm³/mol. The molecule has 1 fully saturated rings. The summed E-state index contributed by atoms with van der Waals surface area (Å²) < 4.78 is 5.27. The van der Waals surface area contributed by atoms with Gasteiger partial charge in [0.05, 0.1) is 19.2 Å². The van der Waals surface area contributed by atoms with E-state index in [-0.39, 0.29) is 17.7 Å². The van der Waals surface area contributed by atoms with Gasteiger partial charge in [-0.15, -0.1) is 0 Å². The average molecular weight is 387 g/mol. The minimum atomic E-state index is -0.130. The second-order valence-electron chi connectivity index (χ2n) is 6.65. The number of ether oxygens (including phenoxy) is 1. The van der Waals surface area contributed by atoms with Crippen LogP contribution in [-0.4, -0.2) is 36.9 Å². The monoisotopic (exact) mass is 386 g/mol. The summed E-state index contributed by atoms with van der Waals surface area (Å²) in [5.74, 6) is 0.486. The maximum absolute atomic E-state index is 12.6. The first-order chi connectivity index (χ1) is 13.1. The predicted octanol–water partition coefficient (Wildman–Crippen LogP) is 3.77. The summed E-state index contributed by atoms with van der Waals surface area (Å²) in [5.41, 5.74) is 1.58. The third-order valence-corrected chi connectivity index (χ3v) is 5.07. The molecular weight excluding hydrogens is 364 g/mol. The van der Waals surface area contributed by atoms with Crippen LogP contribution in [0, 0.1) is 5.92 Å². The second kappa shape index (κ2) is 8.91. The van der Waals surface area contributed by atoms with Crippen molar-refractivity contribution in [3.8, 4) is 5.75 Å². The van der Waals surface area contributed by atoms with E-state index in [4.69, 9.17) is 16.3 Å². The van der Waals surface area contributed by atoms with Crippen molar-refractivity contribution in [1.82, 2.24) is 4.90 Å². The van der Waals surface area contributed by atoms with Gasteiger partial charge in [0.15, 0.2) is 0 Å². The summed E-state index contributed by atoms with van der Waals surface area (Å²) in [6.07, 6.45) is 1.70. The van der Waals surface area contributed by atoms with Gasteiger partial charge in [-0.3, -0.25) is 9.59 Å². The summed E-state index contributed by atoms with van der Waals surface area (Å²) in [4.78, 5) is 26.9. The molecule has 1 aliphatic rings. The molecule has 1 heterocycles. The Labute approximate surface area is 164 Å². The number of carbonyl (C=O) groups is 2. The molecule has 1 aliphatic heterocycles. The summed E-state index contributed by atoms with van der Waals surface area (Å²) in [6.45, 7) is 1.19. The first kappa shape index (κ1) is 19.2. The van der Waals surface area contributed by atoms with E-state index in [2.05, 4.69) is 5.32 Å². The Hall–Kier alpha value is -2.53. The van der Waals surface area contributed by atoms with Crippen LogP contribution < -0.4 is 10.1 Å². The van der Waals surface area contributed by atoms with E-state index in [1.807, 2.05) is 35.2 Å². The van der Waals surface area contributed by atoms with Gasteiger partial charge < -0.3 is 15.0 Å². The highest BCUT2D eigenvalue weighted by Crippen LogP contribution is 2.29. The quantitative estimate of drug-likeness (QED) is 0.850.